The van der Waals surface area contributed by atoms with Crippen LogP contribution in [-0.4, -0.2) is 26.8 Å². The zero-order valence-corrected chi connectivity index (χ0v) is 14.8. The number of nitrogens with zero attached hydrogens (tertiary/aromatic N) is 3. The molecule has 8 heteroatoms. The second kappa shape index (κ2) is 8.88. The van der Waals surface area contributed by atoms with Crippen molar-refractivity contribution < 1.29 is 9.90 Å². The predicted octanol–water partition coefficient (Wildman–Crippen LogP) is 3.39. The van der Waals surface area contributed by atoms with Gasteiger partial charge in [-0.1, -0.05) is 23.7 Å². The van der Waals surface area contributed by atoms with Crippen LogP contribution in [0.1, 0.15) is 17.5 Å². The molecule has 3 aromatic rings. The van der Waals surface area contributed by atoms with E-state index in [0.717, 1.165) is 0 Å². The van der Waals surface area contributed by atoms with Gasteiger partial charge in [0, 0.05) is 23.1 Å². The average Bonchev–Trinajstić information content (AvgIpc) is 2.71. The summed E-state index contributed by atoms with van der Waals surface area (Å²) >= 11 is 5.82. The topological polar surface area (TPSA) is 99.5 Å². The molecule has 0 saturated carbocycles. The van der Waals surface area contributed by atoms with E-state index < -0.39 is 12.1 Å². The van der Waals surface area contributed by atoms with Gasteiger partial charge in [0.25, 0.3) is 0 Å². The number of anilines is 1. The fourth-order valence-corrected chi connectivity index (χ4v) is 2.38. The molecular weight excluding hydrogens is 366 g/mol. The molecule has 0 aliphatic heterocycles. The summed E-state index contributed by atoms with van der Waals surface area (Å²) in [6.45, 7) is 0. The number of hydrogen-bond donors (Lipinski definition) is 3. The van der Waals surface area contributed by atoms with Crippen molar-refractivity contribution in [3.05, 3.63) is 89.5 Å². The van der Waals surface area contributed by atoms with Gasteiger partial charge in [0.2, 0.25) is 0 Å². The Bertz CT molecular complexity index is 918. The number of hydrazone groups is 1. The molecule has 0 spiro atoms. The first-order valence-electron chi connectivity index (χ1n) is 8.04. The number of benzene rings is 1. The van der Waals surface area contributed by atoms with Crippen molar-refractivity contribution in [1.29, 1.82) is 0 Å². The number of rotatable bonds is 5. The predicted molar refractivity (Wildman–Crippen MR) is 104 cm³/mol. The first kappa shape index (κ1) is 18.5. The van der Waals surface area contributed by atoms with Crippen LogP contribution in [0.5, 0.6) is 0 Å². The van der Waals surface area contributed by atoms with Gasteiger partial charge in [-0.15, -0.1) is 0 Å². The van der Waals surface area contributed by atoms with Crippen molar-refractivity contribution in [3.8, 4) is 0 Å². The van der Waals surface area contributed by atoms with Gasteiger partial charge in [0.1, 0.15) is 11.8 Å². The standard InChI is InChI=1S/C19H16ClN5O2/c20-13-7-9-14(10-8-13)23-19(27)25-24-17(15-5-1-3-11-21-15)18(26)16-6-2-4-12-22-16/h1-12,18,26H,(H2,23,25,27). The van der Waals surface area contributed by atoms with Gasteiger partial charge in [-0.05, 0) is 48.5 Å². The van der Waals surface area contributed by atoms with E-state index in [-0.39, 0.29) is 5.71 Å². The molecule has 2 amide bonds. The molecule has 1 atom stereocenters. The van der Waals surface area contributed by atoms with Crippen LogP contribution in [0.3, 0.4) is 0 Å². The molecule has 0 radical (unpaired) electrons. The summed E-state index contributed by atoms with van der Waals surface area (Å²) in [6.07, 6.45) is 1.98. The number of pyridine rings is 2. The lowest BCUT2D eigenvalue weighted by Gasteiger charge is -2.13. The van der Waals surface area contributed by atoms with E-state index in [2.05, 4.69) is 25.8 Å². The molecule has 0 aliphatic carbocycles. The quantitative estimate of drug-likeness (QED) is 0.466. The third kappa shape index (κ3) is 5.10. The Morgan fingerprint density at radius 3 is 2.33 bits per heavy atom. The highest BCUT2D eigenvalue weighted by molar-refractivity contribution is 6.30. The van der Waals surface area contributed by atoms with Crippen LogP contribution in [-0.2, 0) is 0 Å². The van der Waals surface area contributed by atoms with E-state index in [1.807, 2.05) is 0 Å². The highest BCUT2D eigenvalue weighted by atomic mass is 35.5. The third-order valence-corrected chi connectivity index (χ3v) is 3.79. The number of urea groups is 1. The van der Waals surface area contributed by atoms with Gasteiger partial charge < -0.3 is 10.4 Å². The summed E-state index contributed by atoms with van der Waals surface area (Å²) in [5.74, 6) is 0. The number of aromatic nitrogens is 2. The Morgan fingerprint density at radius 1 is 1.00 bits per heavy atom. The number of carbonyl (C=O) groups is 1. The van der Waals surface area contributed by atoms with E-state index in [0.29, 0.717) is 22.1 Å². The Morgan fingerprint density at radius 2 is 1.70 bits per heavy atom. The van der Waals surface area contributed by atoms with Crippen LogP contribution in [0.2, 0.25) is 5.02 Å². The van der Waals surface area contributed by atoms with Gasteiger partial charge in [-0.2, -0.15) is 5.10 Å². The third-order valence-electron chi connectivity index (χ3n) is 3.53. The molecule has 3 rings (SSSR count). The average molecular weight is 382 g/mol. The second-order valence-corrected chi connectivity index (χ2v) is 5.88. The number of amides is 2. The van der Waals surface area contributed by atoms with Gasteiger partial charge >= 0.3 is 6.03 Å². The van der Waals surface area contributed by atoms with Crippen molar-refractivity contribution in [2.75, 3.05) is 5.32 Å². The molecule has 136 valence electrons. The fourth-order valence-electron chi connectivity index (χ4n) is 2.25. The van der Waals surface area contributed by atoms with Crippen LogP contribution >= 0.6 is 11.6 Å². The second-order valence-electron chi connectivity index (χ2n) is 5.44. The van der Waals surface area contributed by atoms with Crippen LogP contribution in [0.15, 0.2) is 78.2 Å². The van der Waals surface area contributed by atoms with Crippen LogP contribution in [0, 0.1) is 0 Å². The number of carbonyl (C=O) groups excluding carboxylic acids is 1. The Hall–Kier alpha value is -3.29. The van der Waals surface area contributed by atoms with Crippen LogP contribution < -0.4 is 10.7 Å². The first-order chi connectivity index (χ1) is 13.1. The molecule has 2 heterocycles. The summed E-state index contributed by atoms with van der Waals surface area (Å²) in [4.78, 5) is 20.4. The molecule has 1 aromatic carbocycles. The molecule has 0 bridgehead atoms. The highest BCUT2D eigenvalue weighted by Crippen LogP contribution is 2.16. The van der Waals surface area contributed by atoms with E-state index in [1.165, 1.54) is 0 Å². The van der Waals surface area contributed by atoms with Gasteiger partial charge in [0.05, 0.1) is 11.4 Å². The number of aliphatic hydroxyl groups excluding tert-OH is 1. The van der Waals surface area contributed by atoms with E-state index in [1.54, 1.807) is 73.1 Å². The summed E-state index contributed by atoms with van der Waals surface area (Å²) in [5.41, 5.74) is 3.90. The zero-order chi connectivity index (χ0) is 19.1. The molecule has 0 saturated heterocycles. The SMILES string of the molecule is O=C(NN=C(c1ccccn1)C(O)c1ccccn1)Nc1ccc(Cl)cc1. The van der Waals surface area contributed by atoms with Crippen molar-refractivity contribution in [3.63, 3.8) is 0 Å². The Balaban J connectivity index is 1.80. The van der Waals surface area contributed by atoms with E-state index >= 15 is 0 Å². The zero-order valence-electron chi connectivity index (χ0n) is 14.1. The number of nitrogens with one attached hydrogen (secondary N) is 2. The largest absolute Gasteiger partial charge is 0.380 e. The Labute approximate surface area is 160 Å². The first-order valence-corrected chi connectivity index (χ1v) is 8.42. The molecule has 7 nitrogen and oxygen atoms in total. The lowest BCUT2D eigenvalue weighted by Crippen LogP contribution is -2.27. The van der Waals surface area contributed by atoms with E-state index in [4.69, 9.17) is 11.6 Å². The maximum Gasteiger partial charge on any atom is 0.339 e. The minimum Gasteiger partial charge on any atom is -0.380 e. The molecule has 0 aliphatic rings. The Kier molecular flexibility index (Phi) is 6.09. The van der Waals surface area contributed by atoms with Crippen LogP contribution in [0.25, 0.3) is 0 Å². The summed E-state index contributed by atoms with van der Waals surface area (Å²) in [7, 11) is 0. The molecule has 1 unspecified atom stereocenters. The minimum absolute atomic E-state index is 0.167. The smallest absolute Gasteiger partial charge is 0.339 e. The van der Waals surface area contributed by atoms with Gasteiger partial charge in [0.15, 0.2) is 0 Å². The molecule has 2 aromatic heterocycles. The molecule has 3 N–H and O–H groups in total. The maximum absolute atomic E-state index is 12.1. The van der Waals surface area contributed by atoms with Crippen molar-refractivity contribution in [2.45, 2.75) is 6.10 Å². The fraction of sp³-hybridized carbons (Fsp3) is 0.0526. The molecule has 0 fully saturated rings. The number of aliphatic hydroxyl groups is 1. The van der Waals surface area contributed by atoms with Crippen molar-refractivity contribution >= 4 is 29.0 Å². The van der Waals surface area contributed by atoms with Gasteiger partial charge in [-0.25, -0.2) is 10.2 Å². The summed E-state index contributed by atoms with van der Waals surface area (Å²) in [6, 6.07) is 16.4. The highest BCUT2D eigenvalue weighted by Gasteiger charge is 2.20. The van der Waals surface area contributed by atoms with Crippen molar-refractivity contribution in [1.82, 2.24) is 15.4 Å². The van der Waals surface area contributed by atoms with Crippen LogP contribution in [0.4, 0.5) is 10.5 Å². The van der Waals surface area contributed by atoms with Crippen molar-refractivity contribution in [2.24, 2.45) is 5.10 Å². The lowest BCUT2D eigenvalue weighted by atomic mass is 10.1. The molecular formula is C19H16ClN5O2. The number of hydrogen-bond acceptors (Lipinski definition) is 5. The normalized spacial score (nSPS) is 12.3. The van der Waals surface area contributed by atoms with E-state index in [9.17, 15) is 9.90 Å². The maximum atomic E-state index is 12.1. The summed E-state index contributed by atoms with van der Waals surface area (Å²) in [5, 5.41) is 17.9. The minimum atomic E-state index is -1.16. The monoisotopic (exact) mass is 381 g/mol. The lowest BCUT2D eigenvalue weighted by molar-refractivity contribution is 0.240. The summed E-state index contributed by atoms with van der Waals surface area (Å²) < 4.78 is 0. The number of halogens is 1. The van der Waals surface area contributed by atoms with Gasteiger partial charge in [-0.3, -0.25) is 9.97 Å². The molecule has 27 heavy (non-hydrogen) atoms.